The maximum Gasteiger partial charge on any atom is 0.267 e. The van der Waals surface area contributed by atoms with E-state index in [2.05, 4.69) is 5.32 Å². The molecule has 0 aliphatic heterocycles. The average Bonchev–Trinajstić information content (AvgIpc) is 3.31. The van der Waals surface area contributed by atoms with Crippen molar-refractivity contribution in [3.05, 3.63) is 100 Å². The molecular formula is C26H21N3O3S2. The standard InChI is InChI=1S/C26H21N3O3S2/c1-18-11-13-22(14-12-18)29(2)34(31,32)25-23(20-8-4-3-5-9-20)17-33-24(25)26(30)28-21-10-6-7-19(15-21)16-27/h3-15,17H,1-2H3,(H,28,30). The third-order valence-electron chi connectivity index (χ3n) is 5.30. The fourth-order valence-corrected chi connectivity index (χ4v) is 6.32. The second-order valence-electron chi connectivity index (χ2n) is 7.63. The molecule has 8 heteroatoms. The number of rotatable bonds is 6. The van der Waals surface area contributed by atoms with Crippen molar-refractivity contribution in [3.8, 4) is 17.2 Å². The molecule has 170 valence electrons. The Bertz CT molecular complexity index is 1490. The van der Waals surface area contributed by atoms with Gasteiger partial charge in [-0.15, -0.1) is 11.3 Å². The molecule has 0 aliphatic carbocycles. The number of hydrogen-bond acceptors (Lipinski definition) is 5. The van der Waals surface area contributed by atoms with Crippen LogP contribution in [-0.4, -0.2) is 21.4 Å². The Morgan fingerprint density at radius 2 is 1.71 bits per heavy atom. The van der Waals surface area contributed by atoms with Gasteiger partial charge in [-0.3, -0.25) is 9.10 Å². The highest BCUT2D eigenvalue weighted by Crippen LogP contribution is 2.38. The first-order chi connectivity index (χ1) is 16.3. The molecule has 0 bridgehead atoms. The number of aryl methyl sites for hydroxylation is 1. The molecule has 1 heterocycles. The van der Waals surface area contributed by atoms with Crippen molar-refractivity contribution in [2.75, 3.05) is 16.7 Å². The van der Waals surface area contributed by atoms with Gasteiger partial charge in [0.1, 0.15) is 9.77 Å². The number of anilines is 2. The van der Waals surface area contributed by atoms with Gasteiger partial charge in [0.05, 0.1) is 17.3 Å². The summed E-state index contributed by atoms with van der Waals surface area (Å²) >= 11 is 1.07. The molecule has 4 aromatic rings. The molecule has 0 radical (unpaired) electrons. The molecule has 0 aliphatic rings. The Morgan fingerprint density at radius 3 is 2.38 bits per heavy atom. The number of carbonyl (C=O) groups excluding carboxylic acids is 1. The van der Waals surface area contributed by atoms with Crippen LogP contribution in [0.25, 0.3) is 11.1 Å². The number of nitrogens with zero attached hydrogens (tertiary/aromatic N) is 2. The quantitative estimate of drug-likeness (QED) is 0.379. The van der Waals surface area contributed by atoms with E-state index < -0.39 is 15.9 Å². The number of carbonyl (C=O) groups is 1. The lowest BCUT2D eigenvalue weighted by Gasteiger charge is -2.21. The number of amides is 1. The lowest BCUT2D eigenvalue weighted by atomic mass is 10.1. The van der Waals surface area contributed by atoms with E-state index in [1.54, 1.807) is 35.7 Å². The summed E-state index contributed by atoms with van der Waals surface area (Å²) in [7, 11) is -2.61. The van der Waals surface area contributed by atoms with Crippen molar-refractivity contribution in [1.29, 1.82) is 5.26 Å². The Hall–Kier alpha value is -3.93. The molecule has 1 amide bonds. The zero-order valence-electron chi connectivity index (χ0n) is 18.5. The summed E-state index contributed by atoms with van der Waals surface area (Å²) < 4.78 is 28.9. The van der Waals surface area contributed by atoms with Crippen molar-refractivity contribution in [3.63, 3.8) is 0 Å². The van der Waals surface area contributed by atoms with Crippen LogP contribution in [0.3, 0.4) is 0 Å². The van der Waals surface area contributed by atoms with Crippen LogP contribution in [0.1, 0.15) is 20.8 Å². The predicted molar refractivity (Wildman–Crippen MR) is 136 cm³/mol. The maximum absolute atomic E-state index is 13.9. The zero-order chi connectivity index (χ0) is 24.3. The van der Waals surface area contributed by atoms with Crippen LogP contribution < -0.4 is 9.62 Å². The minimum atomic E-state index is -4.09. The molecule has 0 fully saturated rings. The van der Waals surface area contributed by atoms with Crippen molar-refractivity contribution in [2.24, 2.45) is 0 Å². The van der Waals surface area contributed by atoms with Crippen LogP contribution in [0.5, 0.6) is 0 Å². The largest absolute Gasteiger partial charge is 0.321 e. The molecule has 1 N–H and O–H groups in total. The highest BCUT2D eigenvalue weighted by molar-refractivity contribution is 7.93. The summed E-state index contributed by atoms with van der Waals surface area (Å²) in [6, 6.07) is 24.7. The van der Waals surface area contributed by atoms with E-state index >= 15 is 0 Å². The molecule has 0 saturated carbocycles. The molecule has 34 heavy (non-hydrogen) atoms. The van der Waals surface area contributed by atoms with Gasteiger partial charge in [-0.2, -0.15) is 5.26 Å². The van der Waals surface area contributed by atoms with Crippen molar-refractivity contribution < 1.29 is 13.2 Å². The first-order valence-electron chi connectivity index (χ1n) is 10.4. The average molecular weight is 488 g/mol. The third kappa shape index (κ3) is 4.57. The lowest BCUT2D eigenvalue weighted by Crippen LogP contribution is -2.28. The van der Waals surface area contributed by atoms with E-state index in [4.69, 9.17) is 5.26 Å². The lowest BCUT2D eigenvalue weighted by molar-refractivity contribution is 0.102. The molecule has 0 unspecified atom stereocenters. The van der Waals surface area contributed by atoms with Gasteiger partial charge in [0, 0.05) is 23.7 Å². The monoisotopic (exact) mass is 487 g/mol. The molecule has 0 atom stereocenters. The number of nitriles is 1. The van der Waals surface area contributed by atoms with E-state index in [0.29, 0.717) is 28.1 Å². The maximum atomic E-state index is 13.9. The van der Waals surface area contributed by atoms with Crippen LogP contribution >= 0.6 is 11.3 Å². The van der Waals surface area contributed by atoms with Crippen LogP contribution in [0.2, 0.25) is 0 Å². The van der Waals surface area contributed by atoms with E-state index in [9.17, 15) is 13.2 Å². The van der Waals surface area contributed by atoms with Gasteiger partial charge in [-0.25, -0.2) is 8.42 Å². The van der Waals surface area contributed by atoms with Crippen molar-refractivity contribution >= 4 is 38.6 Å². The van der Waals surface area contributed by atoms with E-state index in [0.717, 1.165) is 16.9 Å². The smallest absolute Gasteiger partial charge is 0.267 e. The van der Waals surface area contributed by atoms with E-state index in [1.807, 2.05) is 55.5 Å². The number of nitrogens with one attached hydrogen (secondary N) is 1. The van der Waals surface area contributed by atoms with Crippen LogP contribution in [-0.2, 0) is 10.0 Å². The summed E-state index contributed by atoms with van der Waals surface area (Å²) in [6.07, 6.45) is 0. The Morgan fingerprint density at radius 1 is 1.00 bits per heavy atom. The topological polar surface area (TPSA) is 90.3 Å². The summed E-state index contributed by atoms with van der Waals surface area (Å²) in [4.78, 5) is 13.3. The summed E-state index contributed by atoms with van der Waals surface area (Å²) in [6.45, 7) is 1.93. The van der Waals surface area contributed by atoms with Gasteiger partial charge in [-0.05, 0) is 42.8 Å². The minimum absolute atomic E-state index is 0.0549. The SMILES string of the molecule is Cc1ccc(N(C)S(=O)(=O)c2c(-c3ccccc3)csc2C(=O)Nc2cccc(C#N)c2)cc1. The van der Waals surface area contributed by atoms with Crippen molar-refractivity contribution in [2.45, 2.75) is 11.8 Å². The number of thiophene rings is 1. The normalized spacial score (nSPS) is 11.0. The van der Waals surface area contributed by atoms with E-state index in [-0.39, 0.29) is 9.77 Å². The van der Waals surface area contributed by atoms with Crippen LogP contribution in [0, 0.1) is 18.3 Å². The molecule has 0 saturated heterocycles. The second-order valence-corrected chi connectivity index (χ2v) is 10.4. The molecule has 3 aromatic carbocycles. The van der Waals surface area contributed by atoms with Gasteiger partial charge in [-0.1, -0.05) is 54.1 Å². The minimum Gasteiger partial charge on any atom is -0.321 e. The van der Waals surface area contributed by atoms with Crippen LogP contribution in [0.15, 0.2) is 89.1 Å². The first-order valence-corrected chi connectivity index (χ1v) is 12.7. The van der Waals surface area contributed by atoms with Crippen molar-refractivity contribution in [1.82, 2.24) is 0 Å². The second kappa shape index (κ2) is 9.51. The summed E-state index contributed by atoms with van der Waals surface area (Å²) in [5.74, 6) is -0.557. The summed E-state index contributed by atoms with van der Waals surface area (Å²) in [5, 5.41) is 13.6. The Balaban J connectivity index is 1.82. The third-order valence-corrected chi connectivity index (χ3v) is 8.28. The molecular weight excluding hydrogens is 466 g/mol. The van der Waals surface area contributed by atoms with Crippen LogP contribution in [0.4, 0.5) is 11.4 Å². The number of sulfonamides is 1. The Kier molecular flexibility index (Phi) is 6.50. The predicted octanol–water partition coefficient (Wildman–Crippen LogP) is 5.67. The first kappa shape index (κ1) is 23.2. The van der Waals surface area contributed by atoms with Gasteiger partial charge < -0.3 is 5.32 Å². The summed E-state index contributed by atoms with van der Waals surface area (Å²) in [5.41, 5.74) is 3.45. The number of hydrogen-bond donors (Lipinski definition) is 1. The Labute approximate surface area is 202 Å². The highest BCUT2D eigenvalue weighted by atomic mass is 32.2. The zero-order valence-corrected chi connectivity index (χ0v) is 20.2. The van der Waals surface area contributed by atoms with Gasteiger partial charge in [0.15, 0.2) is 0 Å². The van der Waals surface area contributed by atoms with Gasteiger partial charge >= 0.3 is 0 Å². The van der Waals surface area contributed by atoms with Gasteiger partial charge in [0.25, 0.3) is 15.9 Å². The molecule has 6 nitrogen and oxygen atoms in total. The highest BCUT2D eigenvalue weighted by Gasteiger charge is 2.32. The molecule has 4 rings (SSSR count). The molecule has 1 aromatic heterocycles. The molecule has 0 spiro atoms. The number of benzene rings is 3. The fourth-order valence-electron chi connectivity index (χ4n) is 3.46. The van der Waals surface area contributed by atoms with Gasteiger partial charge in [0.2, 0.25) is 0 Å². The fraction of sp³-hybridized carbons (Fsp3) is 0.0769. The van der Waals surface area contributed by atoms with E-state index in [1.165, 1.54) is 17.4 Å².